The van der Waals surface area contributed by atoms with Crippen molar-refractivity contribution in [3.63, 3.8) is 0 Å². The Hall–Kier alpha value is -1.47. The van der Waals surface area contributed by atoms with E-state index in [4.69, 9.17) is 0 Å². The maximum Gasteiger partial charge on any atom is 0.237 e. The number of nitro groups is 1. The van der Waals surface area contributed by atoms with E-state index >= 15 is 0 Å². The van der Waals surface area contributed by atoms with Crippen LogP contribution in [0.25, 0.3) is 0 Å². The topological polar surface area (TPSA) is 66.7 Å². The van der Waals surface area contributed by atoms with Crippen LogP contribution in [0.2, 0.25) is 0 Å². The average Bonchev–Trinajstić information content (AvgIpc) is 3.32. The summed E-state index contributed by atoms with van der Waals surface area (Å²) in [5, 5.41) is 10.9. The summed E-state index contributed by atoms with van der Waals surface area (Å²) in [5.41, 5.74) is 0.783. The molecule has 2 unspecified atom stereocenters. The van der Waals surface area contributed by atoms with Crippen molar-refractivity contribution >= 4 is 27.5 Å². The SMILES string of the molecule is CCN(CC)CCN(C(=O)C1CC1[N+](=O)[O-])c1cccc(Br)c1. The molecule has 1 amide bonds. The maximum atomic E-state index is 12.7. The minimum atomic E-state index is -0.717. The normalized spacial score (nSPS) is 19.7. The molecule has 0 aromatic heterocycles. The first-order valence-electron chi connectivity index (χ1n) is 7.90. The van der Waals surface area contributed by atoms with Crippen LogP contribution >= 0.6 is 15.9 Å². The first-order chi connectivity index (χ1) is 11.0. The number of hydrogen-bond donors (Lipinski definition) is 0. The Bertz CT molecular complexity index is 577. The molecule has 1 aromatic carbocycles. The van der Waals surface area contributed by atoms with Crippen LogP contribution < -0.4 is 4.90 Å². The molecule has 1 aliphatic rings. The van der Waals surface area contributed by atoms with Crippen molar-refractivity contribution in [3.05, 3.63) is 38.9 Å². The largest absolute Gasteiger partial charge is 0.311 e. The summed E-state index contributed by atoms with van der Waals surface area (Å²) in [4.78, 5) is 27.2. The van der Waals surface area contributed by atoms with Gasteiger partial charge in [-0.1, -0.05) is 35.8 Å². The predicted molar refractivity (Wildman–Crippen MR) is 93.2 cm³/mol. The van der Waals surface area contributed by atoms with Crippen LogP contribution in [0.4, 0.5) is 5.69 Å². The molecule has 0 N–H and O–H groups in total. The van der Waals surface area contributed by atoms with Crippen LogP contribution in [0.1, 0.15) is 20.3 Å². The van der Waals surface area contributed by atoms with Gasteiger partial charge in [0.25, 0.3) is 0 Å². The van der Waals surface area contributed by atoms with Crippen molar-refractivity contribution < 1.29 is 9.72 Å². The van der Waals surface area contributed by atoms with Crippen LogP contribution in [0, 0.1) is 16.0 Å². The third kappa shape index (κ3) is 4.51. The molecule has 0 heterocycles. The Morgan fingerprint density at radius 3 is 2.57 bits per heavy atom. The molecule has 126 valence electrons. The van der Waals surface area contributed by atoms with Gasteiger partial charge in [0, 0.05) is 34.6 Å². The van der Waals surface area contributed by atoms with Gasteiger partial charge in [-0.25, -0.2) is 0 Å². The van der Waals surface area contributed by atoms with Gasteiger partial charge in [-0.2, -0.15) is 0 Å². The molecule has 6 nitrogen and oxygen atoms in total. The maximum absolute atomic E-state index is 12.7. The number of carbonyl (C=O) groups is 1. The van der Waals surface area contributed by atoms with Crippen molar-refractivity contribution in [3.8, 4) is 0 Å². The summed E-state index contributed by atoms with van der Waals surface area (Å²) < 4.78 is 0.886. The molecular weight excluding hydrogens is 362 g/mol. The summed E-state index contributed by atoms with van der Waals surface area (Å²) in [7, 11) is 0. The molecule has 0 radical (unpaired) electrons. The molecule has 0 bridgehead atoms. The fourth-order valence-electron chi connectivity index (χ4n) is 2.67. The van der Waals surface area contributed by atoms with Crippen molar-refractivity contribution in [2.45, 2.75) is 26.3 Å². The molecule has 0 aliphatic heterocycles. The van der Waals surface area contributed by atoms with E-state index in [1.807, 2.05) is 24.3 Å². The van der Waals surface area contributed by atoms with E-state index in [-0.39, 0.29) is 10.8 Å². The number of benzene rings is 1. The van der Waals surface area contributed by atoms with Crippen LogP contribution in [-0.2, 0) is 4.79 Å². The van der Waals surface area contributed by atoms with E-state index in [2.05, 4.69) is 34.7 Å². The first-order valence-corrected chi connectivity index (χ1v) is 8.70. The summed E-state index contributed by atoms with van der Waals surface area (Å²) in [6.45, 7) is 7.28. The molecule has 23 heavy (non-hydrogen) atoms. The molecular formula is C16H22BrN3O3. The summed E-state index contributed by atoms with van der Waals surface area (Å²) >= 11 is 3.42. The standard InChI is InChI=1S/C16H22BrN3O3/c1-3-18(4-2)8-9-19(13-7-5-6-12(17)10-13)16(21)14-11-15(14)20(22)23/h5-7,10,14-15H,3-4,8-9,11H2,1-2H3. The van der Waals surface area contributed by atoms with Gasteiger partial charge in [0.05, 0.1) is 0 Å². The van der Waals surface area contributed by atoms with Gasteiger partial charge in [-0.3, -0.25) is 14.9 Å². The zero-order chi connectivity index (χ0) is 17.0. The second-order valence-electron chi connectivity index (χ2n) is 5.69. The third-order valence-electron chi connectivity index (χ3n) is 4.26. The quantitative estimate of drug-likeness (QED) is 0.511. The molecule has 0 saturated heterocycles. The lowest BCUT2D eigenvalue weighted by Crippen LogP contribution is -2.40. The summed E-state index contributed by atoms with van der Waals surface area (Å²) in [5.74, 6) is -0.627. The van der Waals surface area contributed by atoms with Gasteiger partial charge < -0.3 is 9.80 Å². The zero-order valence-electron chi connectivity index (χ0n) is 13.4. The van der Waals surface area contributed by atoms with Crippen LogP contribution in [0.15, 0.2) is 28.7 Å². The number of amides is 1. The number of carbonyl (C=O) groups excluding carboxylic acids is 1. The van der Waals surface area contributed by atoms with Crippen molar-refractivity contribution in [2.24, 2.45) is 5.92 Å². The van der Waals surface area contributed by atoms with Crippen molar-refractivity contribution in [2.75, 3.05) is 31.1 Å². The lowest BCUT2D eigenvalue weighted by molar-refractivity contribution is -0.497. The second-order valence-corrected chi connectivity index (χ2v) is 6.61. The second kappa shape index (κ2) is 7.88. The Balaban J connectivity index is 2.14. The molecule has 2 atom stereocenters. The number of nitrogens with zero attached hydrogens (tertiary/aromatic N) is 3. The van der Waals surface area contributed by atoms with Gasteiger partial charge in [-0.05, 0) is 31.3 Å². The predicted octanol–water partition coefficient (Wildman–Crippen LogP) is 2.79. The number of halogens is 1. The van der Waals surface area contributed by atoms with Gasteiger partial charge in [0.15, 0.2) is 0 Å². The van der Waals surface area contributed by atoms with Gasteiger partial charge in [0.2, 0.25) is 11.9 Å². The van der Waals surface area contributed by atoms with Crippen molar-refractivity contribution in [1.82, 2.24) is 4.90 Å². The number of anilines is 1. The molecule has 0 spiro atoms. The van der Waals surface area contributed by atoms with Gasteiger partial charge >= 0.3 is 0 Å². The minimum Gasteiger partial charge on any atom is -0.311 e. The van der Waals surface area contributed by atoms with Crippen molar-refractivity contribution in [1.29, 1.82) is 0 Å². The average molecular weight is 384 g/mol. The summed E-state index contributed by atoms with van der Waals surface area (Å²) in [6, 6.07) is 6.80. The highest BCUT2D eigenvalue weighted by atomic mass is 79.9. The highest BCUT2D eigenvalue weighted by molar-refractivity contribution is 9.10. The Kier molecular flexibility index (Phi) is 6.12. The fraction of sp³-hybridized carbons (Fsp3) is 0.562. The molecule has 1 fully saturated rings. The highest BCUT2D eigenvalue weighted by Crippen LogP contribution is 2.36. The van der Waals surface area contributed by atoms with E-state index in [9.17, 15) is 14.9 Å². The molecule has 2 rings (SSSR count). The van der Waals surface area contributed by atoms with Gasteiger partial charge in [-0.15, -0.1) is 0 Å². The summed E-state index contributed by atoms with van der Waals surface area (Å²) in [6.07, 6.45) is 0.349. The number of rotatable bonds is 8. The molecule has 1 aliphatic carbocycles. The minimum absolute atomic E-state index is 0.142. The molecule has 7 heteroatoms. The van der Waals surface area contributed by atoms with E-state index < -0.39 is 12.0 Å². The van der Waals surface area contributed by atoms with E-state index in [1.165, 1.54) is 0 Å². The molecule has 1 saturated carbocycles. The third-order valence-corrected chi connectivity index (χ3v) is 4.76. The first kappa shape index (κ1) is 17.9. The Morgan fingerprint density at radius 1 is 1.35 bits per heavy atom. The Morgan fingerprint density at radius 2 is 2.04 bits per heavy atom. The lowest BCUT2D eigenvalue weighted by Gasteiger charge is -2.26. The van der Waals surface area contributed by atoms with Crippen LogP contribution in [0.3, 0.4) is 0 Å². The van der Waals surface area contributed by atoms with Crippen LogP contribution in [0.5, 0.6) is 0 Å². The zero-order valence-corrected chi connectivity index (χ0v) is 15.0. The number of likely N-dealkylation sites (N-methyl/N-ethyl adjacent to an activating group) is 1. The van der Waals surface area contributed by atoms with E-state index in [0.717, 1.165) is 29.8 Å². The van der Waals surface area contributed by atoms with E-state index in [1.54, 1.807) is 4.90 Å². The fourth-order valence-corrected chi connectivity index (χ4v) is 3.06. The molecule has 1 aromatic rings. The highest BCUT2D eigenvalue weighted by Gasteiger charge is 2.54. The van der Waals surface area contributed by atoms with E-state index in [0.29, 0.717) is 13.0 Å². The van der Waals surface area contributed by atoms with Crippen LogP contribution in [-0.4, -0.2) is 48.0 Å². The lowest BCUT2D eigenvalue weighted by atomic mass is 10.2. The monoisotopic (exact) mass is 383 g/mol. The Labute approximate surface area is 144 Å². The van der Waals surface area contributed by atoms with Gasteiger partial charge in [0.1, 0.15) is 5.92 Å². The smallest absolute Gasteiger partial charge is 0.237 e. The number of hydrogen-bond acceptors (Lipinski definition) is 4.